The van der Waals surface area contributed by atoms with Crippen molar-refractivity contribution < 1.29 is 18.3 Å². The second kappa shape index (κ2) is 15.7. The fourth-order valence-corrected chi connectivity index (χ4v) is 7.15. The zero-order valence-electron chi connectivity index (χ0n) is 28.8. The maximum absolute atomic E-state index is 15.4. The predicted molar refractivity (Wildman–Crippen MR) is 186 cm³/mol. The average Bonchev–Trinajstić information content (AvgIpc) is 3.46. The molecule has 0 amide bonds. The molecule has 0 saturated carbocycles. The smallest absolute Gasteiger partial charge is 0.307 e. The van der Waals surface area contributed by atoms with Crippen molar-refractivity contribution in [2.24, 2.45) is 5.92 Å². The minimum Gasteiger partial charge on any atom is -0.469 e. The van der Waals surface area contributed by atoms with Gasteiger partial charge in [0.25, 0.3) is 0 Å². The van der Waals surface area contributed by atoms with Gasteiger partial charge in [-0.25, -0.2) is 23.7 Å². The number of nitrogens with zero attached hydrogens (tertiary/aromatic N) is 6. The van der Waals surface area contributed by atoms with Crippen molar-refractivity contribution in [3.63, 3.8) is 0 Å². The van der Waals surface area contributed by atoms with E-state index < -0.39 is 17.6 Å². The van der Waals surface area contributed by atoms with E-state index in [-0.39, 0.29) is 47.4 Å². The summed E-state index contributed by atoms with van der Waals surface area (Å²) < 4.78 is 37.3. The van der Waals surface area contributed by atoms with E-state index in [0.717, 1.165) is 65.0 Å². The summed E-state index contributed by atoms with van der Waals surface area (Å²) in [7, 11) is 1.33. The number of fused-ring (bicyclic) bond motifs is 1. The number of aryl methyl sites for hydroxylation is 1. The highest BCUT2D eigenvalue weighted by molar-refractivity contribution is 5.83. The Morgan fingerprint density at radius 3 is 2.57 bits per heavy atom. The van der Waals surface area contributed by atoms with E-state index in [1.807, 2.05) is 13.0 Å². The number of imidazole rings is 1. The number of esters is 1. The van der Waals surface area contributed by atoms with Crippen LogP contribution >= 0.6 is 0 Å². The fourth-order valence-electron chi connectivity index (χ4n) is 7.15. The topological polar surface area (TPSA) is 112 Å². The lowest BCUT2D eigenvalue weighted by Crippen LogP contribution is -2.58. The largest absolute Gasteiger partial charge is 0.469 e. The van der Waals surface area contributed by atoms with Crippen molar-refractivity contribution >= 4 is 23.0 Å². The molecule has 6 rings (SSSR count). The van der Waals surface area contributed by atoms with Crippen LogP contribution in [0.2, 0.25) is 0 Å². The molecule has 3 N–H and O–H groups in total. The number of benzene rings is 2. The third kappa shape index (κ3) is 8.23. The van der Waals surface area contributed by atoms with E-state index in [1.165, 1.54) is 18.7 Å². The molecule has 2 fully saturated rings. The second-order valence-electron chi connectivity index (χ2n) is 13.2. The highest BCUT2D eigenvalue weighted by Crippen LogP contribution is 2.31. The van der Waals surface area contributed by atoms with Crippen LogP contribution in [0.5, 0.6) is 0 Å². The van der Waals surface area contributed by atoms with Gasteiger partial charge < -0.3 is 29.7 Å². The standard InChI is InChI=1S/C36H47F2N9O2/c1-5-45-11-13-46(14-12-45)22-27-20-40-32(18-30(27)39-19-25-9-7-6-8-10-25)43-36-41-21-29(38)34(44-36)26-16-28(37)35-31(17-26)47(24(3)42-35)23(2)15-33(48)49-4/h6-10,16-17,21,23,27,30,32,39-40H,5,11-15,18-20,22H2,1-4H3,(H,41,43,44)/t23-,27-,30-,32-/m1/s1. The molecule has 4 atom stereocenters. The van der Waals surface area contributed by atoms with Gasteiger partial charge in [0, 0.05) is 63.5 Å². The van der Waals surface area contributed by atoms with Gasteiger partial charge in [-0.05, 0) is 50.4 Å². The molecular formula is C36H47F2N9O2. The number of piperidine rings is 1. The zero-order valence-corrected chi connectivity index (χ0v) is 28.8. The number of methoxy groups -OCH3 is 1. The lowest BCUT2D eigenvalue weighted by Gasteiger charge is -2.42. The number of carbonyl (C=O) groups is 1. The van der Waals surface area contributed by atoms with Crippen molar-refractivity contribution in [2.75, 3.05) is 58.2 Å². The molecule has 4 aromatic rings. The first-order chi connectivity index (χ1) is 23.7. The average molecular weight is 676 g/mol. The number of piperazine rings is 1. The molecular weight excluding hydrogens is 628 g/mol. The maximum Gasteiger partial charge on any atom is 0.307 e. The molecule has 0 spiro atoms. The second-order valence-corrected chi connectivity index (χ2v) is 13.2. The molecule has 0 radical (unpaired) electrons. The number of nitrogens with one attached hydrogen (secondary N) is 3. The van der Waals surface area contributed by atoms with Crippen LogP contribution in [-0.4, -0.2) is 100 Å². The lowest BCUT2D eigenvalue weighted by molar-refractivity contribution is -0.141. The number of carbonyl (C=O) groups excluding carboxylic acids is 1. The Morgan fingerprint density at radius 2 is 1.84 bits per heavy atom. The number of likely N-dealkylation sites (N-methyl/N-ethyl adjacent to an activating group) is 1. The van der Waals surface area contributed by atoms with Crippen molar-refractivity contribution in [3.05, 3.63) is 71.7 Å². The quantitative estimate of drug-likeness (QED) is 0.188. The van der Waals surface area contributed by atoms with E-state index in [2.05, 4.69) is 71.9 Å². The van der Waals surface area contributed by atoms with Gasteiger partial charge in [0.1, 0.15) is 17.0 Å². The fraction of sp³-hybridized carbons (Fsp3) is 0.500. The lowest BCUT2D eigenvalue weighted by atomic mass is 9.90. The zero-order chi connectivity index (χ0) is 34.5. The van der Waals surface area contributed by atoms with Crippen LogP contribution in [0.15, 0.2) is 48.7 Å². The summed E-state index contributed by atoms with van der Waals surface area (Å²) in [6.07, 6.45) is 1.79. The van der Waals surface area contributed by atoms with Crippen LogP contribution in [0, 0.1) is 24.5 Å². The Labute approximate surface area is 286 Å². The molecule has 11 nitrogen and oxygen atoms in total. The molecule has 0 aliphatic carbocycles. The summed E-state index contributed by atoms with van der Waals surface area (Å²) in [4.78, 5) is 30.2. The molecule has 2 saturated heterocycles. The number of aromatic nitrogens is 4. The van der Waals surface area contributed by atoms with Crippen LogP contribution in [0.4, 0.5) is 14.7 Å². The first-order valence-electron chi connectivity index (χ1n) is 17.2. The first kappa shape index (κ1) is 34.8. The van der Waals surface area contributed by atoms with Gasteiger partial charge in [0.2, 0.25) is 5.95 Å². The third-order valence-electron chi connectivity index (χ3n) is 9.88. The van der Waals surface area contributed by atoms with E-state index >= 15 is 8.78 Å². The van der Waals surface area contributed by atoms with Gasteiger partial charge >= 0.3 is 5.97 Å². The Bertz CT molecular complexity index is 1730. The van der Waals surface area contributed by atoms with Gasteiger partial charge in [0.05, 0.1) is 31.4 Å². The van der Waals surface area contributed by atoms with Crippen molar-refractivity contribution in [2.45, 2.75) is 58.4 Å². The molecule has 13 heteroatoms. The summed E-state index contributed by atoms with van der Waals surface area (Å²) in [6.45, 7) is 13.8. The normalized spacial score (nSPS) is 21.1. The van der Waals surface area contributed by atoms with Crippen molar-refractivity contribution in [3.8, 4) is 11.3 Å². The Kier molecular flexibility index (Phi) is 11.1. The van der Waals surface area contributed by atoms with E-state index in [9.17, 15) is 4.79 Å². The number of ether oxygens (including phenoxy) is 1. The van der Waals surface area contributed by atoms with Crippen molar-refractivity contribution in [1.29, 1.82) is 0 Å². The predicted octanol–water partition coefficient (Wildman–Crippen LogP) is 4.35. The molecule has 49 heavy (non-hydrogen) atoms. The maximum atomic E-state index is 15.4. The molecule has 0 bridgehead atoms. The van der Waals surface area contributed by atoms with Gasteiger partial charge in [-0.3, -0.25) is 10.1 Å². The Hall–Kier alpha value is -4.04. The summed E-state index contributed by atoms with van der Waals surface area (Å²) in [6, 6.07) is 13.2. The highest BCUT2D eigenvalue weighted by atomic mass is 19.1. The highest BCUT2D eigenvalue weighted by Gasteiger charge is 2.32. The van der Waals surface area contributed by atoms with E-state index in [0.29, 0.717) is 17.3 Å². The van der Waals surface area contributed by atoms with Crippen LogP contribution in [-0.2, 0) is 16.1 Å². The van der Waals surface area contributed by atoms with Crippen LogP contribution in [0.3, 0.4) is 0 Å². The summed E-state index contributed by atoms with van der Waals surface area (Å²) in [5, 5.41) is 10.8. The number of anilines is 1. The minimum atomic E-state index is -0.670. The van der Waals surface area contributed by atoms with Gasteiger partial charge in [0.15, 0.2) is 11.6 Å². The van der Waals surface area contributed by atoms with Gasteiger partial charge in [-0.1, -0.05) is 37.3 Å². The summed E-state index contributed by atoms with van der Waals surface area (Å²) in [5.74, 6) is -0.489. The number of hydrogen-bond acceptors (Lipinski definition) is 10. The molecule has 2 aromatic heterocycles. The molecule has 2 aliphatic heterocycles. The number of rotatable bonds is 12. The Balaban J connectivity index is 1.20. The van der Waals surface area contributed by atoms with E-state index in [1.54, 1.807) is 17.6 Å². The van der Waals surface area contributed by atoms with E-state index in [4.69, 9.17) is 4.74 Å². The van der Waals surface area contributed by atoms with Crippen LogP contribution in [0.1, 0.15) is 44.1 Å². The number of halogens is 2. The van der Waals surface area contributed by atoms with Crippen LogP contribution < -0.4 is 16.0 Å². The molecule has 262 valence electrons. The molecule has 4 heterocycles. The first-order valence-corrected chi connectivity index (χ1v) is 17.2. The number of hydrogen-bond donors (Lipinski definition) is 3. The van der Waals surface area contributed by atoms with Crippen LogP contribution in [0.25, 0.3) is 22.3 Å². The SMILES string of the molecule is CCN1CCN(C[C@H]2CN[C@H](Nc3ncc(F)c(-c4cc(F)c5nc(C)n([C@H](C)CC(=O)OC)c5c4)n3)C[C@H]2NCc2ccccc2)CC1. The van der Waals surface area contributed by atoms with Crippen molar-refractivity contribution in [1.82, 2.24) is 40.0 Å². The Morgan fingerprint density at radius 1 is 1.08 bits per heavy atom. The molecule has 0 unspecified atom stereocenters. The monoisotopic (exact) mass is 675 g/mol. The minimum absolute atomic E-state index is 0.0250. The summed E-state index contributed by atoms with van der Waals surface area (Å²) in [5.41, 5.74) is 2.05. The molecule has 2 aliphatic rings. The van der Waals surface area contributed by atoms with Gasteiger partial charge in [-0.2, -0.15) is 0 Å². The van der Waals surface area contributed by atoms with Gasteiger partial charge in [-0.15, -0.1) is 0 Å². The summed E-state index contributed by atoms with van der Waals surface area (Å²) >= 11 is 0. The molecule has 2 aromatic carbocycles. The third-order valence-corrected chi connectivity index (χ3v) is 9.88.